The monoisotopic (exact) mass is 285 g/mol. The van der Waals surface area contributed by atoms with Gasteiger partial charge in [-0.2, -0.15) is 0 Å². The highest BCUT2D eigenvalue weighted by Gasteiger charge is 2.04. The normalized spacial score (nSPS) is 10.7. The van der Waals surface area contributed by atoms with Gasteiger partial charge in [0, 0.05) is 6.42 Å². The number of aliphatic carboxylic acids is 1. The zero-order chi connectivity index (χ0) is 10.8. The predicted octanol–water partition coefficient (Wildman–Crippen LogP) is 3.08. The van der Waals surface area contributed by atoms with Crippen LogP contribution in [0.2, 0.25) is 0 Å². The Morgan fingerprint density at radius 3 is 3.07 bits per heavy atom. The van der Waals surface area contributed by atoms with Crippen molar-refractivity contribution in [1.29, 1.82) is 0 Å². The molecule has 2 rings (SSSR count). The molecular formula is C10H8BrNO2S. The Kier molecular flexibility index (Phi) is 3.02. The van der Waals surface area contributed by atoms with Crippen LogP contribution in [0.5, 0.6) is 0 Å². The summed E-state index contributed by atoms with van der Waals surface area (Å²) in [7, 11) is 0. The molecule has 0 spiro atoms. The van der Waals surface area contributed by atoms with Gasteiger partial charge in [-0.15, -0.1) is 11.3 Å². The molecule has 1 aromatic carbocycles. The van der Waals surface area contributed by atoms with Crippen molar-refractivity contribution in [1.82, 2.24) is 4.98 Å². The molecule has 1 aromatic heterocycles. The fourth-order valence-electron chi connectivity index (χ4n) is 1.35. The van der Waals surface area contributed by atoms with Gasteiger partial charge < -0.3 is 5.11 Å². The zero-order valence-corrected chi connectivity index (χ0v) is 10.1. The molecular weight excluding hydrogens is 278 g/mol. The lowest BCUT2D eigenvalue weighted by Crippen LogP contribution is -1.96. The quantitative estimate of drug-likeness (QED) is 0.943. The lowest BCUT2D eigenvalue weighted by molar-refractivity contribution is -0.136. The Morgan fingerprint density at radius 1 is 1.53 bits per heavy atom. The van der Waals surface area contributed by atoms with Crippen LogP contribution < -0.4 is 0 Å². The van der Waals surface area contributed by atoms with E-state index in [0.717, 1.165) is 19.7 Å². The van der Waals surface area contributed by atoms with E-state index < -0.39 is 5.97 Å². The molecule has 0 aliphatic rings. The molecule has 0 saturated carbocycles. The number of carbonyl (C=O) groups is 1. The average Bonchev–Trinajstić information content (AvgIpc) is 2.53. The molecule has 0 aliphatic carbocycles. The van der Waals surface area contributed by atoms with Crippen molar-refractivity contribution in [2.45, 2.75) is 12.8 Å². The highest BCUT2D eigenvalue weighted by Crippen LogP contribution is 2.26. The van der Waals surface area contributed by atoms with E-state index in [1.54, 1.807) is 11.3 Å². The summed E-state index contributed by atoms with van der Waals surface area (Å²) in [5.41, 5.74) is 1.99. The first kappa shape index (κ1) is 10.6. The molecule has 0 amide bonds. The highest BCUT2D eigenvalue weighted by atomic mass is 79.9. The fourth-order valence-corrected chi connectivity index (χ4v) is 2.82. The number of thiazole rings is 1. The molecule has 0 saturated heterocycles. The summed E-state index contributed by atoms with van der Waals surface area (Å²) < 4.78 is 1.94. The van der Waals surface area contributed by atoms with E-state index >= 15 is 0 Å². The molecule has 78 valence electrons. The van der Waals surface area contributed by atoms with Crippen LogP contribution in [0.1, 0.15) is 12.0 Å². The van der Waals surface area contributed by atoms with E-state index in [-0.39, 0.29) is 6.42 Å². The largest absolute Gasteiger partial charge is 0.481 e. The first-order valence-corrected chi connectivity index (χ1v) is 6.03. The third-order valence-corrected chi connectivity index (χ3v) is 3.52. The molecule has 0 unspecified atom stereocenters. The fraction of sp³-hybridized carbons (Fsp3) is 0.200. The summed E-state index contributed by atoms with van der Waals surface area (Å²) in [4.78, 5) is 14.7. The lowest BCUT2D eigenvalue weighted by Gasteiger charge is -1.97. The number of aryl methyl sites for hydroxylation is 1. The van der Waals surface area contributed by atoms with Crippen LogP contribution in [-0.4, -0.2) is 16.1 Å². The number of fused-ring (bicyclic) bond motifs is 1. The number of carboxylic acids is 1. The van der Waals surface area contributed by atoms with E-state index in [2.05, 4.69) is 20.9 Å². The van der Waals surface area contributed by atoms with Gasteiger partial charge in [-0.3, -0.25) is 4.79 Å². The van der Waals surface area contributed by atoms with Crippen molar-refractivity contribution in [3.63, 3.8) is 0 Å². The van der Waals surface area contributed by atoms with E-state index in [1.807, 2.05) is 18.2 Å². The van der Waals surface area contributed by atoms with E-state index in [0.29, 0.717) is 6.42 Å². The Balaban J connectivity index is 2.26. The second kappa shape index (κ2) is 4.28. The number of hydrogen-bond acceptors (Lipinski definition) is 3. The average molecular weight is 286 g/mol. The first-order valence-electron chi connectivity index (χ1n) is 4.42. The lowest BCUT2D eigenvalue weighted by atomic mass is 10.1. The summed E-state index contributed by atoms with van der Waals surface area (Å²) in [5.74, 6) is -0.763. The van der Waals surface area contributed by atoms with Crippen LogP contribution in [0.15, 0.2) is 22.1 Å². The van der Waals surface area contributed by atoms with Gasteiger partial charge in [-0.1, -0.05) is 6.07 Å². The topological polar surface area (TPSA) is 50.2 Å². The maximum Gasteiger partial charge on any atom is 0.303 e. The molecule has 0 atom stereocenters. The van der Waals surface area contributed by atoms with E-state index in [1.165, 1.54) is 0 Å². The van der Waals surface area contributed by atoms with Gasteiger partial charge in [-0.05, 0) is 40.0 Å². The minimum absolute atomic E-state index is 0.172. The minimum Gasteiger partial charge on any atom is -0.481 e. The van der Waals surface area contributed by atoms with Crippen LogP contribution in [-0.2, 0) is 11.2 Å². The third kappa shape index (κ3) is 2.54. The molecule has 2 aromatic rings. The van der Waals surface area contributed by atoms with Crippen LogP contribution in [0.25, 0.3) is 10.2 Å². The molecule has 0 radical (unpaired) electrons. The van der Waals surface area contributed by atoms with Gasteiger partial charge in [0.05, 0.1) is 10.2 Å². The molecule has 5 heteroatoms. The first-order chi connectivity index (χ1) is 7.15. The maximum atomic E-state index is 10.4. The van der Waals surface area contributed by atoms with E-state index in [4.69, 9.17) is 5.11 Å². The molecule has 0 bridgehead atoms. The van der Waals surface area contributed by atoms with Crippen LogP contribution in [0, 0.1) is 0 Å². The Morgan fingerprint density at radius 2 is 2.33 bits per heavy atom. The van der Waals surface area contributed by atoms with Crippen LogP contribution >= 0.6 is 27.3 Å². The number of aromatic nitrogens is 1. The number of benzene rings is 1. The highest BCUT2D eigenvalue weighted by molar-refractivity contribution is 9.11. The minimum atomic E-state index is -0.763. The second-order valence-electron chi connectivity index (χ2n) is 3.16. The van der Waals surface area contributed by atoms with Crippen molar-refractivity contribution in [2.24, 2.45) is 0 Å². The maximum absolute atomic E-state index is 10.4. The SMILES string of the molecule is O=C(O)CCc1ccc2nc(Br)sc2c1. The summed E-state index contributed by atoms with van der Waals surface area (Å²) >= 11 is 4.88. The molecule has 1 N–H and O–H groups in total. The Hall–Kier alpha value is -0.940. The van der Waals surface area contributed by atoms with Crippen molar-refractivity contribution >= 4 is 43.5 Å². The third-order valence-electron chi connectivity index (χ3n) is 2.05. The second-order valence-corrected chi connectivity index (χ2v) is 5.47. The number of halogens is 1. The van der Waals surface area contributed by atoms with Crippen molar-refractivity contribution < 1.29 is 9.90 Å². The summed E-state index contributed by atoms with van der Waals surface area (Å²) in [6, 6.07) is 5.85. The molecule has 15 heavy (non-hydrogen) atoms. The zero-order valence-electron chi connectivity index (χ0n) is 7.74. The molecule has 0 aliphatic heterocycles. The van der Waals surface area contributed by atoms with Gasteiger partial charge in [-0.25, -0.2) is 4.98 Å². The standard InChI is InChI=1S/C10H8BrNO2S/c11-10-12-7-3-1-6(2-4-9(13)14)5-8(7)15-10/h1,3,5H,2,4H2,(H,13,14). The number of nitrogens with zero attached hydrogens (tertiary/aromatic N) is 1. The van der Waals surface area contributed by atoms with Crippen LogP contribution in [0.4, 0.5) is 0 Å². The van der Waals surface area contributed by atoms with Gasteiger partial charge in [0.25, 0.3) is 0 Å². The van der Waals surface area contributed by atoms with Gasteiger partial charge in [0.2, 0.25) is 0 Å². The smallest absolute Gasteiger partial charge is 0.303 e. The van der Waals surface area contributed by atoms with Crippen molar-refractivity contribution in [3.05, 3.63) is 27.7 Å². The van der Waals surface area contributed by atoms with Gasteiger partial charge >= 0.3 is 5.97 Å². The summed E-state index contributed by atoms with van der Waals surface area (Å²) in [6.07, 6.45) is 0.742. The number of rotatable bonds is 3. The van der Waals surface area contributed by atoms with Crippen molar-refractivity contribution in [3.8, 4) is 0 Å². The molecule has 3 nitrogen and oxygen atoms in total. The predicted molar refractivity (Wildman–Crippen MR) is 63.3 cm³/mol. The Bertz CT molecular complexity index is 509. The molecule has 1 heterocycles. The molecule has 0 fully saturated rings. The Labute approximate surface area is 98.9 Å². The van der Waals surface area contributed by atoms with E-state index in [9.17, 15) is 4.79 Å². The van der Waals surface area contributed by atoms with Crippen molar-refractivity contribution in [2.75, 3.05) is 0 Å². The van der Waals surface area contributed by atoms with Gasteiger partial charge in [0.15, 0.2) is 3.92 Å². The number of carboxylic acid groups (broad SMARTS) is 1. The summed E-state index contributed by atoms with van der Waals surface area (Å²) in [5, 5.41) is 8.57. The van der Waals surface area contributed by atoms with Crippen LogP contribution in [0.3, 0.4) is 0 Å². The summed E-state index contributed by atoms with van der Waals surface area (Å²) in [6.45, 7) is 0. The van der Waals surface area contributed by atoms with Gasteiger partial charge in [0.1, 0.15) is 0 Å². The number of hydrogen-bond donors (Lipinski definition) is 1.